The number of aromatic nitrogens is 2. The largest absolute Gasteiger partial charge is 0.481 e. The Morgan fingerprint density at radius 1 is 1.60 bits per heavy atom. The van der Waals surface area contributed by atoms with Crippen molar-refractivity contribution in [2.45, 2.75) is 44.9 Å². The van der Waals surface area contributed by atoms with Crippen molar-refractivity contribution in [3.63, 3.8) is 0 Å². The Morgan fingerprint density at radius 3 is 2.73 bits per heavy atom. The molecule has 4 nitrogen and oxygen atoms in total. The van der Waals surface area contributed by atoms with Gasteiger partial charge in [-0.05, 0) is 18.8 Å². The van der Waals surface area contributed by atoms with E-state index in [0.29, 0.717) is 17.7 Å². The Kier molecular flexibility index (Phi) is 2.50. The van der Waals surface area contributed by atoms with Gasteiger partial charge in [0, 0.05) is 11.6 Å². The Bertz CT molecular complexity index is 358. The molecule has 1 aliphatic rings. The van der Waals surface area contributed by atoms with E-state index in [4.69, 9.17) is 5.11 Å². The predicted octanol–water partition coefficient (Wildman–Crippen LogP) is 2.04. The number of carboxylic acids is 1. The summed E-state index contributed by atoms with van der Waals surface area (Å²) < 4.78 is 0. The zero-order valence-electron chi connectivity index (χ0n) is 9.08. The van der Waals surface area contributed by atoms with Crippen LogP contribution in [0.25, 0.3) is 0 Å². The fourth-order valence-corrected chi connectivity index (χ4v) is 1.80. The van der Waals surface area contributed by atoms with E-state index < -0.39 is 5.97 Å². The monoisotopic (exact) mass is 208 g/mol. The third kappa shape index (κ3) is 2.19. The first-order valence-electron chi connectivity index (χ1n) is 5.38. The average molecular weight is 208 g/mol. The molecule has 0 saturated heterocycles. The molecule has 0 unspecified atom stereocenters. The number of hydrogen-bond donors (Lipinski definition) is 2. The molecule has 0 aliphatic heterocycles. The lowest BCUT2D eigenvalue weighted by Gasteiger charge is -2.02. The predicted molar refractivity (Wildman–Crippen MR) is 56.0 cm³/mol. The van der Waals surface area contributed by atoms with Crippen LogP contribution in [0.3, 0.4) is 0 Å². The zero-order chi connectivity index (χ0) is 11.0. The van der Waals surface area contributed by atoms with E-state index in [9.17, 15) is 4.79 Å². The van der Waals surface area contributed by atoms with Gasteiger partial charge in [0.25, 0.3) is 0 Å². The van der Waals surface area contributed by atoms with Crippen molar-refractivity contribution in [2.75, 3.05) is 0 Å². The summed E-state index contributed by atoms with van der Waals surface area (Å²) in [5, 5.41) is 8.70. The molecule has 1 aromatic heterocycles. The molecule has 0 amide bonds. The van der Waals surface area contributed by atoms with E-state index in [1.165, 1.54) is 18.5 Å². The van der Waals surface area contributed by atoms with Crippen molar-refractivity contribution in [1.29, 1.82) is 0 Å². The molecule has 0 radical (unpaired) electrons. The molecule has 4 heteroatoms. The summed E-state index contributed by atoms with van der Waals surface area (Å²) in [6.45, 7) is 4.18. The van der Waals surface area contributed by atoms with Crippen LogP contribution in [-0.4, -0.2) is 21.0 Å². The number of carboxylic acid groups (broad SMARTS) is 1. The maximum Gasteiger partial charge on any atom is 0.311 e. The Balaban J connectivity index is 2.26. The van der Waals surface area contributed by atoms with E-state index in [-0.39, 0.29) is 6.42 Å². The van der Waals surface area contributed by atoms with E-state index >= 15 is 0 Å². The van der Waals surface area contributed by atoms with Crippen LogP contribution in [-0.2, 0) is 11.2 Å². The number of hydrogen-bond acceptors (Lipinski definition) is 2. The lowest BCUT2D eigenvalue weighted by atomic mass is 10.1. The quantitative estimate of drug-likeness (QED) is 0.795. The van der Waals surface area contributed by atoms with Crippen molar-refractivity contribution < 1.29 is 9.90 Å². The summed E-state index contributed by atoms with van der Waals surface area (Å²) >= 11 is 0. The second-order valence-electron chi connectivity index (χ2n) is 4.48. The van der Waals surface area contributed by atoms with Gasteiger partial charge in [0.15, 0.2) is 0 Å². The molecule has 1 saturated carbocycles. The first-order chi connectivity index (χ1) is 7.08. The summed E-state index contributed by atoms with van der Waals surface area (Å²) in [6, 6.07) is 0. The molecule has 1 aromatic rings. The summed E-state index contributed by atoms with van der Waals surface area (Å²) in [5.74, 6) is 0.714. The third-order valence-electron chi connectivity index (χ3n) is 2.66. The van der Waals surface area contributed by atoms with Gasteiger partial charge in [-0.25, -0.2) is 4.98 Å². The van der Waals surface area contributed by atoms with Gasteiger partial charge in [-0.15, -0.1) is 0 Å². The maximum atomic E-state index is 10.6. The van der Waals surface area contributed by atoms with Gasteiger partial charge in [-0.3, -0.25) is 4.79 Å². The van der Waals surface area contributed by atoms with E-state index in [2.05, 4.69) is 23.8 Å². The number of H-pyrrole nitrogens is 1. The highest BCUT2D eigenvalue weighted by atomic mass is 16.4. The molecule has 82 valence electrons. The van der Waals surface area contributed by atoms with Crippen LogP contribution in [0.15, 0.2) is 0 Å². The third-order valence-corrected chi connectivity index (χ3v) is 2.66. The summed E-state index contributed by atoms with van der Waals surface area (Å²) in [5.41, 5.74) is 2.22. The van der Waals surface area contributed by atoms with Gasteiger partial charge in [-0.2, -0.15) is 0 Å². The molecule has 1 heterocycles. The minimum atomic E-state index is -0.832. The first-order valence-corrected chi connectivity index (χ1v) is 5.38. The van der Waals surface area contributed by atoms with Gasteiger partial charge in [0.2, 0.25) is 0 Å². The van der Waals surface area contributed by atoms with Crippen molar-refractivity contribution in [1.82, 2.24) is 9.97 Å². The SMILES string of the molecule is CC(C)c1nc(CC(=O)O)[nH]c1C1CC1. The summed E-state index contributed by atoms with van der Waals surface area (Å²) in [6.07, 6.45) is 2.40. The molecule has 1 aliphatic carbocycles. The number of rotatable bonds is 4. The van der Waals surface area contributed by atoms with Gasteiger partial charge in [0.05, 0.1) is 5.69 Å². The van der Waals surface area contributed by atoms with Crippen molar-refractivity contribution in [3.05, 3.63) is 17.2 Å². The van der Waals surface area contributed by atoms with Crippen LogP contribution in [0.1, 0.15) is 55.7 Å². The number of carbonyl (C=O) groups is 1. The highest BCUT2D eigenvalue weighted by molar-refractivity contribution is 5.69. The molecule has 15 heavy (non-hydrogen) atoms. The van der Waals surface area contributed by atoms with Crippen LogP contribution < -0.4 is 0 Å². The average Bonchev–Trinajstić information content (AvgIpc) is 2.87. The standard InChI is InChI=1S/C11H16N2O2/c1-6(2)10-11(7-3-4-7)13-8(12-10)5-9(14)15/h6-7H,3-5H2,1-2H3,(H,12,13)(H,14,15). The molecule has 0 spiro atoms. The smallest absolute Gasteiger partial charge is 0.311 e. The normalized spacial score (nSPS) is 15.9. The first kappa shape index (κ1) is 10.2. The van der Waals surface area contributed by atoms with Crippen molar-refractivity contribution in [3.8, 4) is 0 Å². The second kappa shape index (κ2) is 3.68. The molecule has 0 atom stereocenters. The van der Waals surface area contributed by atoms with Crippen LogP contribution in [0.5, 0.6) is 0 Å². The van der Waals surface area contributed by atoms with E-state index in [1.807, 2.05) is 0 Å². The molecule has 2 rings (SSSR count). The highest BCUT2D eigenvalue weighted by Crippen LogP contribution is 2.42. The van der Waals surface area contributed by atoms with Gasteiger partial charge in [0.1, 0.15) is 12.2 Å². The van der Waals surface area contributed by atoms with Gasteiger partial charge in [-0.1, -0.05) is 13.8 Å². The van der Waals surface area contributed by atoms with Crippen LogP contribution in [0.4, 0.5) is 0 Å². The molecule has 0 aromatic carbocycles. The second-order valence-corrected chi connectivity index (χ2v) is 4.48. The topological polar surface area (TPSA) is 66.0 Å². The number of nitrogens with zero attached hydrogens (tertiary/aromatic N) is 1. The minimum Gasteiger partial charge on any atom is -0.481 e. The van der Waals surface area contributed by atoms with Crippen LogP contribution in [0.2, 0.25) is 0 Å². The number of nitrogens with one attached hydrogen (secondary N) is 1. The van der Waals surface area contributed by atoms with Crippen LogP contribution >= 0.6 is 0 Å². The van der Waals surface area contributed by atoms with E-state index in [1.54, 1.807) is 0 Å². The zero-order valence-corrected chi connectivity index (χ0v) is 9.08. The number of aliphatic carboxylic acids is 1. The number of imidazole rings is 1. The Labute approximate surface area is 88.7 Å². The Morgan fingerprint density at radius 2 is 2.27 bits per heavy atom. The molecular weight excluding hydrogens is 192 g/mol. The van der Waals surface area contributed by atoms with Gasteiger partial charge < -0.3 is 10.1 Å². The van der Waals surface area contributed by atoms with E-state index in [0.717, 1.165) is 5.69 Å². The molecule has 2 N–H and O–H groups in total. The maximum absolute atomic E-state index is 10.6. The molecular formula is C11H16N2O2. The van der Waals surface area contributed by atoms with Crippen LogP contribution in [0, 0.1) is 0 Å². The number of aromatic amines is 1. The fourth-order valence-electron chi connectivity index (χ4n) is 1.80. The lowest BCUT2D eigenvalue weighted by molar-refractivity contribution is -0.136. The van der Waals surface area contributed by atoms with Crippen molar-refractivity contribution >= 4 is 5.97 Å². The minimum absolute atomic E-state index is 0.00750. The summed E-state index contributed by atoms with van der Waals surface area (Å²) in [4.78, 5) is 18.1. The fraction of sp³-hybridized carbons (Fsp3) is 0.636. The molecule has 1 fully saturated rings. The van der Waals surface area contributed by atoms with Crippen molar-refractivity contribution in [2.24, 2.45) is 0 Å². The van der Waals surface area contributed by atoms with Gasteiger partial charge >= 0.3 is 5.97 Å². The summed E-state index contributed by atoms with van der Waals surface area (Å²) in [7, 11) is 0. The Hall–Kier alpha value is -1.32. The lowest BCUT2D eigenvalue weighted by Crippen LogP contribution is -2.01. The molecule has 0 bridgehead atoms. The highest BCUT2D eigenvalue weighted by Gasteiger charge is 2.30.